The van der Waals surface area contributed by atoms with E-state index < -0.39 is 0 Å². The molecule has 1 aliphatic carbocycles. The fourth-order valence-corrected chi connectivity index (χ4v) is 6.62. The predicted octanol–water partition coefficient (Wildman–Crippen LogP) is 5.62. The highest BCUT2D eigenvalue weighted by molar-refractivity contribution is 5.76. The Morgan fingerprint density at radius 1 is 1.10 bits per heavy atom. The third-order valence-corrected chi connectivity index (χ3v) is 8.92. The number of nitrogens with zero attached hydrogens (tertiary/aromatic N) is 3. The van der Waals surface area contributed by atoms with Crippen molar-refractivity contribution in [3.63, 3.8) is 0 Å². The van der Waals surface area contributed by atoms with Crippen molar-refractivity contribution in [2.75, 3.05) is 33.5 Å². The maximum absolute atomic E-state index is 12.4. The largest absolute Gasteiger partial charge is 0.477 e. The molecule has 5 rings (SSSR count). The van der Waals surface area contributed by atoms with Gasteiger partial charge >= 0.3 is 0 Å². The summed E-state index contributed by atoms with van der Waals surface area (Å²) in [4.78, 5) is 17.3. The van der Waals surface area contributed by atoms with Crippen LogP contribution in [0.15, 0.2) is 36.4 Å². The Balaban J connectivity index is 1.30. The number of rotatable bonds is 12. The molecule has 0 unspecified atom stereocenters. The van der Waals surface area contributed by atoms with Crippen molar-refractivity contribution < 1.29 is 19.0 Å². The number of carbonyl (C=O) groups is 1. The second-order valence-electron chi connectivity index (χ2n) is 12.0. The highest BCUT2D eigenvalue weighted by Crippen LogP contribution is 2.38. The Hall–Kier alpha value is -3.03. The van der Waals surface area contributed by atoms with Gasteiger partial charge in [-0.1, -0.05) is 24.3 Å². The van der Waals surface area contributed by atoms with Gasteiger partial charge in [0.1, 0.15) is 5.78 Å². The topological polar surface area (TPSA) is 75.5 Å². The van der Waals surface area contributed by atoms with Crippen molar-refractivity contribution in [1.82, 2.24) is 14.8 Å². The summed E-state index contributed by atoms with van der Waals surface area (Å²) in [5.74, 6) is 0.961. The van der Waals surface area contributed by atoms with E-state index in [-0.39, 0.29) is 17.1 Å². The lowest BCUT2D eigenvalue weighted by molar-refractivity contribution is -0.117. The van der Waals surface area contributed by atoms with Crippen LogP contribution in [0.1, 0.15) is 84.3 Å². The first kappa shape index (κ1) is 29.5. The summed E-state index contributed by atoms with van der Waals surface area (Å²) in [5.41, 5.74) is 8.31. The lowest BCUT2D eigenvalue weighted by Crippen LogP contribution is -2.38. The Morgan fingerprint density at radius 2 is 1.90 bits per heavy atom. The van der Waals surface area contributed by atoms with E-state index in [0.717, 1.165) is 62.6 Å². The van der Waals surface area contributed by atoms with Gasteiger partial charge in [0.15, 0.2) is 0 Å². The summed E-state index contributed by atoms with van der Waals surface area (Å²) in [7, 11) is 3.69. The first-order valence-electron chi connectivity index (χ1n) is 15.2. The number of fused-ring (bicyclic) bond motifs is 1. The summed E-state index contributed by atoms with van der Waals surface area (Å²) in [6.45, 7) is 6.51. The van der Waals surface area contributed by atoms with Gasteiger partial charge in [0.2, 0.25) is 5.88 Å². The summed E-state index contributed by atoms with van der Waals surface area (Å²) >= 11 is 0. The number of benzene rings is 1. The highest BCUT2D eigenvalue weighted by atomic mass is 16.5. The number of aromatic nitrogens is 3. The lowest BCUT2D eigenvalue weighted by Gasteiger charge is -2.38. The average molecular weight is 560 g/mol. The fraction of sp³-hybridized carbons (Fsp3) is 0.559. The molecule has 2 aliphatic rings. The smallest absolute Gasteiger partial charge is 0.211 e. The molecular formula is C34H45N3O4. The molecule has 41 heavy (non-hydrogen) atoms. The first-order chi connectivity index (χ1) is 19.9. The standard InChI is InChI=1S/C34H45N3O4/c1-24-9-11-28(34(23-39-4)14-17-40-18-15-34)21-31(24)27(19-25(2)38)20-30-22-33(37(3)36-30)41-16-13-29-12-10-26-7-5-6-8-32(26)35-29/h9-12,21-22,27H,5-8,13-20,23H2,1-4H3/t27-/m1/s1. The second-order valence-corrected chi connectivity index (χ2v) is 12.0. The molecule has 1 saturated heterocycles. The van der Waals surface area contributed by atoms with Crippen LogP contribution in [0.25, 0.3) is 0 Å². The van der Waals surface area contributed by atoms with Gasteiger partial charge in [0.05, 0.1) is 18.9 Å². The third kappa shape index (κ3) is 7.07. The SMILES string of the molecule is COCC1(c2ccc(C)c([C@H](CC(C)=O)Cc3cc(OCCc4ccc5c(n4)CCCC5)n(C)n3)c2)CCOCC1. The maximum atomic E-state index is 12.4. The molecule has 1 atom stereocenters. The van der Waals surface area contributed by atoms with Crippen LogP contribution in [0.3, 0.4) is 0 Å². The Morgan fingerprint density at radius 3 is 2.68 bits per heavy atom. The van der Waals surface area contributed by atoms with Gasteiger partial charge in [-0.25, -0.2) is 4.68 Å². The molecule has 1 aromatic carbocycles. The molecule has 1 aliphatic heterocycles. The fourth-order valence-electron chi connectivity index (χ4n) is 6.62. The zero-order valence-corrected chi connectivity index (χ0v) is 25.2. The molecule has 0 radical (unpaired) electrons. The number of carbonyl (C=O) groups excluding carboxylic acids is 1. The van der Waals surface area contributed by atoms with Gasteiger partial charge in [-0.15, -0.1) is 0 Å². The number of hydrogen-bond donors (Lipinski definition) is 0. The molecule has 3 heterocycles. The van der Waals surface area contributed by atoms with Crippen LogP contribution < -0.4 is 4.74 Å². The number of methoxy groups -OCH3 is 1. The monoisotopic (exact) mass is 559 g/mol. The third-order valence-electron chi connectivity index (χ3n) is 8.92. The molecule has 2 aromatic heterocycles. The normalized spacial score (nSPS) is 17.2. The van der Waals surface area contributed by atoms with E-state index in [0.29, 0.717) is 26.1 Å². The summed E-state index contributed by atoms with van der Waals surface area (Å²) in [6, 6.07) is 13.2. The van der Waals surface area contributed by atoms with Crippen LogP contribution in [-0.2, 0) is 52.4 Å². The zero-order valence-electron chi connectivity index (χ0n) is 25.2. The summed E-state index contributed by atoms with van der Waals surface area (Å²) in [5, 5.41) is 4.78. The van der Waals surface area contributed by atoms with Crippen molar-refractivity contribution in [1.29, 1.82) is 0 Å². The van der Waals surface area contributed by atoms with E-state index in [1.54, 1.807) is 18.7 Å². The van der Waals surface area contributed by atoms with Crippen LogP contribution >= 0.6 is 0 Å². The molecule has 0 spiro atoms. The molecule has 7 nitrogen and oxygen atoms in total. The van der Waals surface area contributed by atoms with E-state index in [4.69, 9.17) is 24.3 Å². The van der Waals surface area contributed by atoms with Crippen molar-refractivity contribution in [3.8, 4) is 5.88 Å². The van der Waals surface area contributed by atoms with E-state index >= 15 is 0 Å². The predicted molar refractivity (Wildman–Crippen MR) is 160 cm³/mol. The molecule has 0 saturated carbocycles. The maximum Gasteiger partial charge on any atom is 0.211 e. The van der Waals surface area contributed by atoms with Gasteiger partial charge in [0.25, 0.3) is 0 Å². The molecule has 220 valence electrons. The Kier molecular flexibility index (Phi) is 9.56. The summed E-state index contributed by atoms with van der Waals surface area (Å²) in [6.07, 6.45) is 8.51. The summed E-state index contributed by atoms with van der Waals surface area (Å²) < 4.78 is 19.3. The highest BCUT2D eigenvalue weighted by Gasteiger charge is 2.35. The number of ketones is 1. The lowest BCUT2D eigenvalue weighted by atomic mass is 9.73. The van der Waals surface area contributed by atoms with Gasteiger partial charge < -0.3 is 19.0 Å². The quantitative estimate of drug-likeness (QED) is 0.287. The molecule has 0 bridgehead atoms. The number of aryl methyl sites for hydroxylation is 4. The van der Waals surface area contributed by atoms with E-state index in [2.05, 4.69) is 37.3 Å². The van der Waals surface area contributed by atoms with Crippen molar-refractivity contribution in [3.05, 3.63) is 75.7 Å². The van der Waals surface area contributed by atoms with Gasteiger partial charge in [-0.2, -0.15) is 5.10 Å². The van der Waals surface area contributed by atoms with Crippen LogP contribution in [0.5, 0.6) is 5.88 Å². The van der Waals surface area contributed by atoms with Gasteiger partial charge in [0, 0.05) is 63.1 Å². The molecule has 3 aromatic rings. The molecule has 1 fully saturated rings. The average Bonchev–Trinajstić information content (AvgIpc) is 3.31. The van der Waals surface area contributed by atoms with Crippen molar-refractivity contribution in [2.24, 2.45) is 7.05 Å². The Labute approximate surface area is 244 Å². The molecular weight excluding hydrogens is 514 g/mol. The molecule has 0 amide bonds. The second kappa shape index (κ2) is 13.3. The Bertz CT molecular complexity index is 1340. The van der Waals surface area contributed by atoms with Crippen LogP contribution in [0, 0.1) is 6.92 Å². The number of ether oxygens (including phenoxy) is 3. The number of pyridine rings is 1. The minimum Gasteiger partial charge on any atom is -0.477 e. The molecule has 7 heteroatoms. The molecule has 0 N–H and O–H groups in total. The van der Waals surface area contributed by atoms with E-state index in [1.807, 2.05) is 13.1 Å². The van der Waals surface area contributed by atoms with Crippen LogP contribution in [-0.4, -0.2) is 54.1 Å². The van der Waals surface area contributed by atoms with E-state index in [9.17, 15) is 4.79 Å². The zero-order chi connectivity index (χ0) is 28.8. The van der Waals surface area contributed by atoms with E-state index in [1.165, 1.54) is 40.8 Å². The van der Waals surface area contributed by atoms with Crippen molar-refractivity contribution in [2.45, 2.75) is 83.0 Å². The van der Waals surface area contributed by atoms with Crippen LogP contribution in [0.2, 0.25) is 0 Å². The minimum absolute atomic E-state index is 0.0364. The van der Waals surface area contributed by atoms with Gasteiger partial charge in [-0.05, 0) is 93.0 Å². The van der Waals surface area contributed by atoms with Crippen LogP contribution in [0.4, 0.5) is 0 Å². The van der Waals surface area contributed by atoms with Crippen molar-refractivity contribution >= 4 is 5.78 Å². The van der Waals surface area contributed by atoms with Gasteiger partial charge in [-0.3, -0.25) is 4.98 Å². The first-order valence-corrected chi connectivity index (χ1v) is 15.2. The number of hydrogen-bond acceptors (Lipinski definition) is 6. The number of Topliss-reactive ketones (excluding diaryl/α,β-unsaturated/α-hetero) is 1. The minimum atomic E-state index is -0.0604.